The fourth-order valence-corrected chi connectivity index (χ4v) is 2.10. The second-order valence-electron chi connectivity index (χ2n) is 5.67. The summed E-state index contributed by atoms with van der Waals surface area (Å²) in [5.41, 5.74) is 6.20. The lowest BCUT2D eigenvalue weighted by molar-refractivity contribution is 0.223. The molecule has 0 aliphatic carbocycles. The predicted molar refractivity (Wildman–Crippen MR) is 85.0 cm³/mol. The second kappa shape index (κ2) is 6.10. The van der Waals surface area contributed by atoms with E-state index in [2.05, 4.69) is 15.3 Å². The zero-order valence-corrected chi connectivity index (χ0v) is 12.7. The molecule has 0 fully saturated rings. The largest absolute Gasteiger partial charge is 0.394 e. The van der Waals surface area contributed by atoms with Gasteiger partial charge >= 0.3 is 0 Å². The summed E-state index contributed by atoms with van der Waals surface area (Å²) in [6.45, 7) is 5.90. The maximum atomic E-state index is 9.81. The van der Waals surface area contributed by atoms with Crippen LogP contribution in [0.1, 0.15) is 38.1 Å². The van der Waals surface area contributed by atoms with Crippen molar-refractivity contribution in [3.05, 3.63) is 47.8 Å². The van der Waals surface area contributed by atoms with Gasteiger partial charge < -0.3 is 16.2 Å². The lowest BCUT2D eigenvalue weighted by Gasteiger charge is -2.30. The van der Waals surface area contributed by atoms with Crippen molar-refractivity contribution in [3.63, 3.8) is 0 Å². The third kappa shape index (κ3) is 3.49. The van der Waals surface area contributed by atoms with Gasteiger partial charge in [0, 0.05) is 12.0 Å². The minimum Gasteiger partial charge on any atom is -0.394 e. The van der Waals surface area contributed by atoms with Crippen molar-refractivity contribution < 1.29 is 5.11 Å². The van der Waals surface area contributed by atoms with Crippen LogP contribution in [0.5, 0.6) is 0 Å². The fraction of sp³-hybridized carbons (Fsp3) is 0.375. The molecule has 0 saturated heterocycles. The molecule has 0 aliphatic heterocycles. The molecular formula is C16H22N4O. The summed E-state index contributed by atoms with van der Waals surface area (Å²) in [6.07, 6.45) is 0. The van der Waals surface area contributed by atoms with Gasteiger partial charge in [0.15, 0.2) is 0 Å². The van der Waals surface area contributed by atoms with Gasteiger partial charge in [-0.2, -0.15) is 0 Å². The van der Waals surface area contributed by atoms with Gasteiger partial charge in [-0.3, -0.25) is 0 Å². The highest BCUT2D eigenvalue weighted by Crippen LogP contribution is 2.26. The molecule has 2 aromatic rings. The van der Waals surface area contributed by atoms with Crippen LogP contribution in [0.15, 0.2) is 36.4 Å². The molecule has 1 aromatic heterocycles. The first-order chi connectivity index (χ1) is 9.94. The molecule has 2 rings (SSSR count). The van der Waals surface area contributed by atoms with Crippen molar-refractivity contribution in [2.75, 3.05) is 17.7 Å². The van der Waals surface area contributed by atoms with Crippen molar-refractivity contribution in [1.29, 1.82) is 0 Å². The summed E-state index contributed by atoms with van der Waals surface area (Å²) < 4.78 is 0. The Bertz CT molecular complexity index is 600. The molecule has 0 spiro atoms. The van der Waals surface area contributed by atoms with E-state index in [0.717, 1.165) is 5.56 Å². The lowest BCUT2D eigenvalue weighted by atomic mass is 9.93. The minimum absolute atomic E-state index is 0.0576. The summed E-state index contributed by atoms with van der Waals surface area (Å²) in [5, 5.41) is 13.1. The van der Waals surface area contributed by atoms with Crippen molar-refractivity contribution >= 4 is 11.6 Å². The Morgan fingerprint density at radius 1 is 1.24 bits per heavy atom. The Kier molecular flexibility index (Phi) is 4.43. The molecule has 0 bridgehead atoms. The van der Waals surface area contributed by atoms with E-state index in [1.54, 1.807) is 6.07 Å². The summed E-state index contributed by atoms with van der Waals surface area (Å²) in [7, 11) is 0. The number of nitrogen functional groups attached to an aromatic ring is 1. The van der Waals surface area contributed by atoms with Crippen LogP contribution in [-0.4, -0.2) is 21.7 Å². The Hall–Kier alpha value is -2.14. The van der Waals surface area contributed by atoms with E-state index in [-0.39, 0.29) is 12.5 Å². The highest BCUT2D eigenvalue weighted by molar-refractivity contribution is 5.48. The van der Waals surface area contributed by atoms with Gasteiger partial charge in [-0.05, 0) is 12.5 Å². The van der Waals surface area contributed by atoms with Crippen LogP contribution in [0.3, 0.4) is 0 Å². The smallest absolute Gasteiger partial charge is 0.135 e. The highest BCUT2D eigenvalue weighted by Gasteiger charge is 2.26. The van der Waals surface area contributed by atoms with Crippen LogP contribution in [0.25, 0.3) is 0 Å². The number of rotatable bonds is 5. The number of nitrogens with one attached hydrogen (secondary N) is 1. The van der Waals surface area contributed by atoms with E-state index in [9.17, 15) is 5.11 Å². The molecule has 1 heterocycles. The summed E-state index contributed by atoms with van der Waals surface area (Å²) in [4.78, 5) is 8.70. The molecule has 0 amide bonds. The number of anilines is 2. The van der Waals surface area contributed by atoms with Gasteiger partial charge in [0.2, 0.25) is 0 Å². The van der Waals surface area contributed by atoms with Crippen LogP contribution in [0.2, 0.25) is 0 Å². The molecule has 5 nitrogen and oxygen atoms in total. The number of aliphatic hydroxyl groups is 1. The number of hydrogen-bond donors (Lipinski definition) is 3. The summed E-state index contributed by atoms with van der Waals surface area (Å²) in [5.74, 6) is 1.91. The Morgan fingerprint density at radius 2 is 1.90 bits per heavy atom. The molecule has 1 aromatic carbocycles. The van der Waals surface area contributed by atoms with Gasteiger partial charge in [-0.25, -0.2) is 9.97 Å². The Balaban J connectivity index is 2.35. The van der Waals surface area contributed by atoms with Crippen molar-refractivity contribution in [3.8, 4) is 0 Å². The van der Waals surface area contributed by atoms with Crippen molar-refractivity contribution in [2.24, 2.45) is 0 Å². The van der Waals surface area contributed by atoms with E-state index in [1.165, 1.54) is 0 Å². The molecular weight excluding hydrogens is 264 g/mol. The molecule has 21 heavy (non-hydrogen) atoms. The van der Waals surface area contributed by atoms with E-state index in [0.29, 0.717) is 17.5 Å². The van der Waals surface area contributed by atoms with Crippen molar-refractivity contribution in [1.82, 2.24) is 9.97 Å². The van der Waals surface area contributed by atoms with E-state index < -0.39 is 5.54 Å². The van der Waals surface area contributed by atoms with Crippen LogP contribution in [0.4, 0.5) is 11.6 Å². The van der Waals surface area contributed by atoms with E-state index in [1.807, 2.05) is 51.1 Å². The number of nitrogens with two attached hydrogens (primary N) is 1. The highest BCUT2D eigenvalue weighted by atomic mass is 16.3. The Morgan fingerprint density at radius 3 is 2.48 bits per heavy atom. The SMILES string of the molecule is CC(C)c1nc(N)cc(NC(C)(CO)c2ccccc2)n1. The molecule has 4 N–H and O–H groups in total. The number of hydrogen-bond acceptors (Lipinski definition) is 5. The first-order valence-corrected chi connectivity index (χ1v) is 7.03. The maximum absolute atomic E-state index is 9.81. The molecule has 1 unspecified atom stereocenters. The van der Waals surface area contributed by atoms with Gasteiger partial charge in [-0.1, -0.05) is 44.2 Å². The summed E-state index contributed by atoms with van der Waals surface area (Å²) in [6, 6.07) is 11.5. The van der Waals surface area contributed by atoms with Gasteiger partial charge in [0.1, 0.15) is 17.5 Å². The first kappa shape index (κ1) is 15.3. The topological polar surface area (TPSA) is 84.1 Å². The zero-order valence-electron chi connectivity index (χ0n) is 12.7. The molecule has 0 saturated carbocycles. The maximum Gasteiger partial charge on any atom is 0.135 e. The quantitative estimate of drug-likeness (QED) is 0.786. The molecule has 5 heteroatoms. The lowest BCUT2D eigenvalue weighted by Crippen LogP contribution is -2.36. The summed E-state index contributed by atoms with van der Waals surface area (Å²) >= 11 is 0. The predicted octanol–water partition coefficient (Wildman–Crippen LogP) is 2.50. The van der Waals surface area contributed by atoms with Gasteiger partial charge in [0.25, 0.3) is 0 Å². The standard InChI is InChI=1S/C16H22N4O/c1-11(2)15-18-13(17)9-14(19-15)20-16(3,10-21)12-7-5-4-6-8-12/h4-9,11,21H,10H2,1-3H3,(H3,17,18,19,20). The first-order valence-electron chi connectivity index (χ1n) is 7.03. The van der Waals surface area contributed by atoms with E-state index >= 15 is 0 Å². The zero-order chi connectivity index (χ0) is 15.5. The average Bonchev–Trinajstić information content (AvgIpc) is 2.47. The van der Waals surface area contributed by atoms with E-state index in [4.69, 9.17) is 5.73 Å². The average molecular weight is 286 g/mol. The van der Waals surface area contributed by atoms with Gasteiger partial charge in [0.05, 0.1) is 12.1 Å². The van der Waals surface area contributed by atoms with Gasteiger partial charge in [-0.15, -0.1) is 0 Å². The molecule has 0 radical (unpaired) electrons. The van der Waals surface area contributed by atoms with Crippen LogP contribution in [0, 0.1) is 0 Å². The second-order valence-corrected chi connectivity index (χ2v) is 5.67. The molecule has 1 atom stereocenters. The normalized spacial score (nSPS) is 14.0. The van der Waals surface area contributed by atoms with Crippen LogP contribution < -0.4 is 11.1 Å². The minimum atomic E-state index is -0.629. The number of aromatic nitrogens is 2. The molecule has 112 valence electrons. The molecule has 0 aliphatic rings. The van der Waals surface area contributed by atoms with Crippen LogP contribution in [-0.2, 0) is 5.54 Å². The number of nitrogens with zero attached hydrogens (tertiary/aromatic N) is 2. The number of benzene rings is 1. The Labute approximate surface area is 125 Å². The third-order valence-corrected chi connectivity index (χ3v) is 3.41. The number of aliphatic hydroxyl groups excluding tert-OH is 1. The monoisotopic (exact) mass is 286 g/mol. The fourth-order valence-electron chi connectivity index (χ4n) is 2.10. The van der Waals surface area contributed by atoms with Crippen molar-refractivity contribution in [2.45, 2.75) is 32.2 Å². The van der Waals surface area contributed by atoms with Crippen LogP contribution >= 0.6 is 0 Å². The third-order valence-electron chi connectivity index (χ3n) is 3.41.